The lowest BCUT2D eigenvalue weighted by molar-refractivity contribution is 0.471. The van der Waals surface area contributed by atoms with Crippen molar-refractivity contribution in [2.45, 2.75) is 52.1 Å². The Kier molecular flexibility index (Phi) is 4.58. The summed E-state index contributed by atoms with van der Waals surface area (Å²) in [6.45, 7) is 8.86. The molecule has 0 fully saturated rings. The minimum Gasteiger partial charge on any atom is -0.369 e. The average molecular weight is 234 g/mol. The Morgan fingerprint density at radius 2 is 1.71 bits per heavy atom. The second kappa shape index (κ2) is 5.54. The van der Waals surface area contributed by atoms with Crippen molar-refractivity contribution < 1.29 is 0 Å². The Hall–Kier alpha value is -1.02. The summed E-state index contributed by atoms with van der Waals surface area (Å²) >= 11 is 0. The molecule has 0 aromatic heterocycles. The van der Waals surface area contributed by atoms with Crippen LogP contribution < -0.4 is 10.6 Å². The van der Waals surface area contributed by atoms with Crippen LogP contribution >= 0.6 is 0 Å². The van der Waals surface area contributed by atoms with E-state index in [-0.39, 0.29) is 11.6 Å². The molecule has 96 valence electrons. The molecule has 0 heterocycles. The van der Waals surface area contributed by atoms with E-state index in [1.807, 2.05) is 0 Å². The molecule has 1 aromatic rings. The quantitative estimate of drug-likeness (QED) is 0.841. The second-order valence-electron chi connectivity index (χ2n) is 5.33. The minimum atomic E-state index is 0.161. The molecule has 0 saturated heterocycles. The highest BCUT2D eigenvalue weighted by Gasteiger charge is 2.21. The molecular weight excluding hydrogens is 208 g/mol. The fourth-order valence-electron chi connectivity index (χ4n) is 1.77. The molecule has 0 saturated carbocycles. The first-order valence-electron chi connectivity index (χ1n) is 6.51. The standard InChI is InChI=1S/C15H26N2/c1-6-14(16)12-8-10-13(11-9-12)17(5)15(3,4)7-2/h8-11,14H,6-7,16H2,1-5H3. The third kappa shape index (κ3) is 3.22. The van der Waals surface area contributed by atoms with Crippen LogP contribution in [-0.4, -0.2) is 12.6 Å². The molecule has 0 aliphatic rings. The van der Waals surface area contributed by atoms with Gasteiger partial charge in [0.2, 0.25) is 0 Å². The van der Waals surface area contributed by atoms with E-state index in [2.05, 4.69) is 63.9 Å². The minimum absolute atomic E-state index is 0.161. The van der Waals surface area contributed by atoms with Gasteiger partial charge in [-0.25, -0.2) is 0 Å². The van der Waals surface area contributed by atoms with Crippen molar-refractivity contribution in [1.82, 2.24) is 0 Å². The normalized spacial score (nSPS) is 13.5. The van der Waals surface area contributed by atoms with Crippen molar-refractivity contribution in [2.75, 3.05) is 11.9 Å². The van der Waals surface area contributed by atoms with Crippen LogP contribution in [0.1, 0.15) is 52.1 Å². The lowest BCUT2D eigenvalue weighted by Gasteiger charge is -2.37. The number of hydrogen-bond donors (Lipinski definition) is 1. The molecule has 0 amide bonds. The van der Waals surface area contributed by atoms with Crippen LogP contribution in [0.25, 0.3) is 0 Å². The molecule has 0 aliphatic carbocycles. The Morgan fingerprint density at radius 1 is 1.18 bits per heavy atom. The zero-order chi connectivity index (χ0) is 13.1. The van der Waals surface area contributed by atoms with E-state index in [0.29, 0.717) is 0 Å². The Balaban J connectivity index is 2.88. The first-order chi connectivity index (χ1) is 7.92. The summed E-state index contributed by atoms with van der Waals surface area (Å²) in [4.78, 5) is 2.33. The monoisotopic (exact) mass is 234 g/mol. The fourth-order valence-corrected chi connectivity index (χ4v) is 1.77. The van der Waals surface area contributed by atoms with Crippen LogP contribution in [0, 0.1) is 0 Å². The molecule has 1 aromatic carbocycles. The van der Waals surface area contributed by atoms with Crippen molar-refractivity contribution in [3.05, 3.63) is 29.8 Å². The summed E-state index contributed by atoms with van der Waals surface area (Å²) < 4.78 is 0. The Labute approximate surface area is 106 Å². The molecular formula is C15H26N2. The van der Waals surface area contributed by atoms with Gasteiger partial charge < -0.3 is 10.6 Å². The summed E-state index contributed by atoms with van der Waals surface area (Å²) in [5.41, 5.74) is 8.68. The van der Waals surface area contributed by atoms with Gasteiger partial charge in [0, 0.05) is 24.3 Å². The van der Waals surface area contributed by atoms with Crippen LogP contribution in [-0.2, 0) is 0 Å². The Morgan fingerprint density at radius 3 is 2.12 bits per heavy atom. The molecule has 1 rings (SSSR count). The molecule has 0 spiro atoms. The maximum absolute atomic E-state index is 6.02. The summed E-state index contributed by atoms with van der Waals surface area (Å²) in [5, 5.41) is 0. The number of rotatable bonds is 5. The van der Waals surface area contributed by atoms with E-state index >= 15 is 0 Å². The third-order valence-electron chi connectivity index (χ3n) is 3.92. The van der Waals surface area contributed by atoms with Gasteiger partial charge in [0.1, 0.15) is 0 Å². The highest BCUT2D eigenvalue weighted by atomic mass is 15.2. The van der Waals surface area contributed by atoms with E-state index in [1.54, 1.807) is 0 Å². The first-order valence-corrected chi connectivity index (χ1v) is 6.51. The van der Waals surface area contributed by atoms with Crippen LogP contribution in [0.15, 0.2) is 24.3 Å². The van der Waals surface area contributed by atoms with E-state index in [4.69, 9.17) is 5.73 Å². The van der Waals surface area contributed by atoms with Gasteiger partial charge in [-0.2, -0.15) is 0 Å². The number of nitrogens with two attached hydrogens (primary N) is 1. The molecule has 2 nitrogen and oxygen atoms in total. The van der Waals surface area contributed by atoms with Crippen LogP contribution in [0.3, 0.4) is 0 Å². The van der Waals surface area contributed by atoms with Crippen molar-refractivity contribution in [3.8, 4) is 0 Å². The number of anilines is 1. The summed E-state index contributed by atoms with van der Waals surface area (Å²) in [6, 6.07) is 8.79. The topological polar surface area (TPSA) is 29.3 Å². The largest absolute Gasteiger partial charge is 0.369 e. The molecule has 17 heavy (non-hydrogen) atoms. The van der Waals surface area contributed by atoms with Crippen LogP contribution in [0.4, 0.5) is 5.69 Å². The van der Waals surface area contributed by atoms with E-state index in [9.17, 15) is 0 Å². The maximum Gasteiger partial charge on any atom is 0.0368 e. The lowest BCUT2D eigenvalue weighted by atomic mass is 9.98. The fraction of sp³-hybridized carbons (Fsp3) is 0.600. The summed E-state index contributed by atoms with van der Waals surface area (Å²) in [5.74, 6) is 0. The lowest BCUT2D eigenvalue weighted by Crippen LogP contribution is -2.40. The molecule has 0 bridgehead atoms. The third-order valence-corrected chi connectivity index (χ3v) is 3.92. The van der Waals surface area contributed by atoms with E-state index < -0.39 is 0 Å². The SMILES string of the molecule is CCC(N)c1ccc(N(C)C(C)(C)CC)cc1. The number of benzene rings is 1. The molecule has 1 unspecified atom stereocenters. The van der Waals surface area contributed by atoms with Gasteiger partial charge in [0.15, 0.2) is 0 Å². The summed E-state index contributed by atoms with van der Waals surface area (Å²) in [7, 11) is 2.15. The predicted octanol–water partition coefficient (Wildman–Crippen LogP) is 3.72. The zero-order valence-corrected chi connectivity index (χ0v) is 11.8. The highest BCUT2D eigenvalue weighted by molar-refractivity contribution is 5.49. The van der Waals surface area contributed by atoms with Gasteiger partial charge in [-0.15, -0.1) is 0 Å². The highest BCUT2D eigenvalue weighted by Crippen LogP contribution is 2.26. The van der Waals surface area contributed by atoms with Crippen molar-refractivity contribution in [3.63, 3.8) is 0 Å². The zero-order valence-electron chi connectivity index (χ0n) is 11.8. The second-order valence-corrected chi connectivity index (χ2v) is 5.33. The molecule has 2 heteroatoms. The molecule has 0 radical (unpaired) electrons. The van der Waals surface area contributed by atoms with Crippen molar-refractivity contribution in [2.24, 2.45) is 5.73 Å². The predicted molar refractivity (Wildman–Crippen MR) is 76.4 cm³/mol. The van der Waals surface area contributed by atoms with Crippen molar-refractivity contribution in [1.29, 1.82) is 0 Å². The van der Waals surface area contributed by atoms with Gasteiger partial charge >= 0.3 is 0 Å². The van der Waals surface area contributed by atoms with Gasteiger partial charge in [-0.3, -0.25) is 0 Å². The summed E-state index contributed by atoms with van der Waals surface area (Å²) in [6.07, 6.45) is 2.11. The maximum atomic E-state index is 6.02. The first kappa shape index (κ1) is 14.0. The number of nitrogens with zero attached hydrogens (tertiary/aromatic N) is 1. The van der Waals surface area contributed by atoms with Gasteiger partial charge in [0.25, 0.3) is 0 Å². The van der Waals surface area contributed by atoms with Crippen LogP contribution in [0.5, 0.6) is 0 Å². The Bertz CT molecular complexity index is 340. The molecule has 0 aliphatic heterocycles. The van der Waals surface area contributed by atoms with Crippen molar-refractivity contribution >= 4 is 5.69 Å². The van der Waals surface area contributed by atoms with Gasteiger partial charge in [0.05, 0.1) is 0 Å². The average Bonchev–Trinajstić information content (AvgIpc) is 2.37. The van der Waals surface area contributed by atoms with Crippen LogP contribution in [0.2, 0.25) is 0 Å². The molecule has 1 atom stereocenters. The number of hydrogen-bond acceptors (Lipinski definition) is 2. The van der Waals surface area contributed by atoms with E-state index in [1.165, 1.54) is 11.3 Å². The van der Waals surface area contributed by atoms with Gasteiger partial charge in [-0.1, -0.05) is 26.0 Å². The molecule has 2 N–H and O–H groups in total. The van der Waals surface area contributed by atoms with Gasteiger partial charge in [-0.05, 0) is 44.4 Å². The smallest absolute Gasteiger partial charge is 0.0368 e. The van der Waals surface area contributed by atoms with E-state index in [0.717, 1.165) is 12.8 Å².